The van der Waals surface area contributed by atoms with E-state index < -0.39 is 5.97 Å². The Labute approximate surface area is 118 Å². The molecule has 1 aromatic carbocycles. The fraction of sp³-hybridized carbons (Fsp3) is 0.0833. The van der Waals surface area contributed by atoms with Crippen LogP contribution in [0, 0.1) is 0 Å². The fourth-order valence-corrected chi connectivity index (χ4v) is 2.66. The van der Waals surface area contributed by atoms with Crippen LogP contribution in [0.25, 0.3) is 0 Å². The first-order valence-electron chi connectivity index (χ1n) is 5.07. The number of aromatic amines is 1. The van der Waals surface area contributed by atoms with Crippen LogP contribution in [0.4, 0.5) is 0 Å². The van der Waals surface area contributed by atoms with Crippen molar-refractivity contribution in [3.63, 3.8) is 0 Å². The highest BCUT2D eigenvalue weighted by Gasteiger charge is 2.06. The Kier molecular flexibility index (Phi) is 4.22. The van der Waals surface area contributed by atoms with Gasteiger partial charge in [0, 0.05) is 10.6 Å². The van der Waals surface area contributed by atoms with Crippen LogP contribution in [0.15, 0.2) is 40.3 Å². The maximum atomic E-state index is 10.6. The van der Waals surface area contributed by atoms with E-state index in [2.05, 4.69) is 4.98 Å². The fourth-order valence-electron chi connectivity index (χ4n) is 1.41. The Hall–Kier alpha value is -1.10. The molecule has 18 heavy (non-hydrogen) atoms. The summed E-state index contributed by atoms with van der Waals surface area (Å²) in [7, 11) is 0. The zero-order chi connectivity index (χ0) is 13.1. The Morgan fingerprint density at radius 1 is 1.22 bits per heavy atom. The molecule has 0 aliphatic heterocycles. The lowest BCUT2D eigenvalue weighted by molar-refractivity contribution is -0.136. The van der Waals surface area contributed by atoms with E-state index in [4.69, 9.17) is 28.3 Å². The molecule has 0 unspecified atom stereocenters. The summed E-state index contributed by atoms with van der Waals surface area (Å²) in [5.41, 5.74) is 0.671. The van der Waals surface area contributed by atoms with Crippen molar-refractivity contribution in [2.45, 2.75) is 16.3 Å². The minimum Gasteiger partial charge on any atom is -0.481 e. The number of benzene rings is 1. The Morgan fingerprint density at radius 3 is 2.67 bits per heavy atom. The van der Waals surface area contributed by atoms with Crippen LogP contribution in [0.3, 0.4) is 0 Å². The first-order valence-corrected chi connectivity index (χ1v) is 6.64. The third kappa shape index (κ3) is 3.45. The van der Waals surface area contributed by atoms with E-state index in [1.54, 1.807) is 18.2 Å². The third-order valence-electron chi connectivity index (χ3n) is 2.18. The Balaban J connectivity index is 2.11. The Morgan fingerprint density at radius 2 is 2.00 bits per heavy atom. The molecule has 0 atom stereocenters. The van der Waals surface area contributed by atoms with Crippen LogP contribution < -0.4 is 0 Å². The van der Waals surface area contributed by atoms with Crippen molar-refractivity contribution in [2.75, 3.05) is 0 Å². The summed E-state index contributed by atoms with van der Waals surface area (Å²) in [4.78, 5) is 14.5. The van der Waals surface area contributed by atoms with Crippen molar-refractivity contribution >= 4 is 40.9 Å². The minimum absolute atomic E-state index is 0.0120. The summed E-state index contributed by atoms with van der Waals surface area (Å²) < 4.78 is 0. The van der Waals surface area contributed by atoms with Gasteiger partial charge >= 0.3 is 5.97 Å². The van der Waals surface area contributed by atoms with Gasteiger partial charge in [0.2, 0.25) is 0 Å². The van der Waals surface area contributed by atoms with E-state index in [1.807, 2.05) is 12.1 Å². The summed E-state index contributed by atoms with van der Waals surface area (Å²) in [6, 6.07) is 8.95. The van der Waals surface area contributed by atoms with Gasteiger partial charge in [-0.15, -0.1) is 0 Å². The van der Waals surface area contributed by atoms with Crippen molar-refractivity contribution in [2.24, 2.45) is 0 Å². The average molecular weight is 302 g/mol. The number of carboxylic acid groups (broad SMARTS) is 1. The molecule has 94 valence electrons. The molecule has 0 aliphatic carbocycles. The quantitative estimate of drug-likeness (QED) is 0.894. The lowest BCUT2D eigenvalue weighted by atomic mass is 10.3. The van der Waals surface area contributed by atoms with Crippen LogP contribution in [-0.2, 0) is 11.2 Å². The van der Waals surface area contributed by atoms with E-state index >= 15 is 0 Å². The summed E-state index contributed by atoms with van der Waals surface area (Å²) >= 11 is 13.2. The third-order valence-corrected chi connectivity index (χ3v) is 3.87. The summed E-state index contributed by atoms with van der Waals surface area (Å²) in [6.45, 7) is 0. The van der Waals surface area contributed by atoms with Crippen molar-refractivity contribution in [3.8, 4) is 0 Å². The number of hydrogen-bond donors (Lipinski definition) is 2. The lowest BCUT2D eigenvalue weighted by Gasteiger charge is -2.01. The summed E-state index contributed by atoms with van der Waals surface area (Å²) in [6.07, 6.45) is -0.0120. The monoisotopic (exact) mass is 301 g/mol. The molecule has 0 bridgehead atoms. The second kappa shape index (κ2) is 5.69. The molecule has 0 radical (unpaired) electrons. The van der Waals surface area contributed by atoms with Crippen LogP contribution in [-0.4, -0.2) is 16.1 Å². The van der Waals surface area contributed by atoms with Crippen LogP contribution >= 0.6 is 35.0 Å². The van der Waals surface area contributed by atoms with Gasteiger partial charge in [0.05, 0.1) is 21.5 Å². The maximum Gasteiger partial charge on any atom is 0.309 e. The predicted molar refractivity (Wildman–Crippen MR) is 72.7 cm³/mol. The van der Waals surface area contributed by atoms with Gasteiger partial charge in [-0.1, -0.05) is 35.0 Å². The molecule has 2 aromatic rings. The average Bonchev–Trinajstić information content (AvgIpc) is 2.70. The van der Waals surface area contributed by atoms with E-state index in [9.17, 15) is 4.79 Å². The minimum atomic E-state index is -0.858. The lowest BCUT2D eigenvalue weighted by Crippen LogP contribution is -1.99. The Bertz CT molecular complexity index is 583. The number of hydrogen-bond acceptors (Lipinski definition) is 2. The molecular formula is C12H9Cl2NO2S. The first kappa shape index (κ1) is 13.3. The summed E-state index contributed by atoms with van der Waals surface area (Å²) in [5.74, 6) is -0.858. The highest BCUT2D eigenvalue weighted by Crippen LogP contribution is 2.32. The number of aromatic nitrogens is 1. The molecule has 1 aromatic heterocycles. The molecule has 0 saturated carbocycles. The highest BCUT2D eigenvalue weighted by atomic mass is 35.5. The number of nitrogens with one attached hydrogen (secondary N) is 1. The van der Waals surface area contributed by atoms with Crippen molar-refractivity contribution in [1.82, 2.24) is 4.98 Å². The van der Waals surface area contributed by atoms with E-state index in [0.717, 1.165) is 9.92 Å². The molecule has 6 heteroatoms. The maximum absolute atomic E-state index is 10.6. The number of rotatable bonds is 4. The molecule has 0 aliphatic rings. The zero-order valence-electron chi connectivity index (χ0n) is 9.11. The molecule has 2 rings (SSSR count). The number of carboxylic acids is 1. The van der Waals surface area contributed by atoms with Crippen LogP contribution in [0.1, 0.15) is 5.69 Å². The van der Waals surface area contributed by atoms with Crippen molar-refractivity contribution < 1.29 is 9.90 Å². The standard InChI is InChI=1S/C12H9Cl2NO2S/c13-9-3-2-8(6-10(9)14)18-11-4-1-7(15-11)5-12(16)17/h1-4,6,15H,5H2,(H,16,17). The number of halogens is 2. The molecule has 2 N–H and O–H groups in total. The topological polar surface area (TPSA) is 53.1 Å². The van der Waals surface area contributed by atoms with Gasteiger partial charge in [-0.05, 0) is 30.3 Å². The van der Waals surface area contributed by atoms with E-state index in [1.165, 1.54) is 11.8 Å². The smallest absolute Gasteiger partial charge is 0.309 e. The zero-order valence-corrected chi connectivity index (χ0v) is 11.4. The van der Waals surface area contributed by atoms with Gasteiger partial charge < -0.3 is 10.1 Å². The van der Waals surface area contributed by atoms with Crippen molar-refractivity contribution in [1.29, 1.82) is 0 Å². The molecule has 1 heterocycles. The normalized spacial score (nSPS) is 10.6. The number of carbonyl (C=O) groups is 1. The van der Waals surface area contributed by atoms with Gasteiger partial charge in [0.1, 0.15) is 0 Å². The van der Waals surface area contributed by atoms with Gasteiger partial charge in [-0.3, -0.25) is 4.79 Å². The van der Waals surface area contributed by atoms with Crippen molar-refractivity contribution in [3.05, 3.63) is 46.1 Å². The molecule has 0 fully saturated rings. The molecule has 3 nitrogen and oxygen atoms in total. The van der Waals surface area contributed by atoms with Gasteiger partial charge in [-0.2, -0.15) is 0 Å². The molecule has 0 amide bonds. The van der Waals surface area contributed by atoms with Gasteiger partial charge in [-0.25, -0.2) is 0 Å². The second-order valence-electron chi connectivity index (χ2n) is 3.60. The molecule has 0 saturated heterocycles. The highest BCUT2D eigenvalue weighted by molar-refractivity contribution is 7.99. The van der Waals surface area contributed by atoms with Gasteiger partial charge in [0.15, 0.2) is 0 Å². The van der Waals surface area contributed by atoms with E-state index in [0.29, 0.717) is 15.7 Å². The molecule has 0 spiro atoms. The predicted octanol–water partition coefficient (Wildman–Crippen LogP) is 4.10. The van der Waals surface area contributed by atoms with Crippen LogP contribution in [0.5, 0.6) is 0 Å². The van der Waals surface area contributed by atoms with Gasteiger partial charge in [0.25, 0.3) is 0 Å². The number of aliphatic carboxylic acids is 1. The number of H-pyrrole nitrogens is 1. The van der Waals surface area contributed by atoms with E-state index in [-0.39, 0.29) is 6.42 Å². The SMILES string of the molecule is O=C(O)Cc1ccc(Sc2ccc(Cl)c(Cl)c2)[nH]1. The largest absolute Gasteiger partial charge is 0.481 e. The first-order chi connectivity index (χ1) is 8.54. The summed E-state index contributed by atoms with van der Waals surface area (Å²) in [5, 5.41) is 10.6. The molecular weight excluding hydrogens is 293 g/mol. The second-order valence-corrected chi connectivity index (χ2v) is 5.53. The van der Waals surface area contributed by atoms with Crippen LogP contribution in [0.2, 0.25) is 10.0 Å².